The molecule has 0 saturated carbocycles. The fraction of sp³-hybridized carbons (Fsp3) is 0.207. The summed E-state index contributed by atoms with van der Waals surface area (Å²) in [7, 11) is 3.02. The SMILES string of the molecule is CCOC(=O)C1=C(C)N=c2s/c(=C\c3ccc(-c4ccc(Cl)c([N+](=O)[O-])c4)o3)c(=O)n2[C@@H]1c1ccc(OC)c(OC)c1. The largest absolute Gasteiger partial charge is 0.493 e. The molecule has 2 aromatic carbocycles. The lowest BCUT2D eigenvalue weighted by Crippen LogP contribution is -2.39. The van der Waals surface area contributed by atoms with E-state index in [1.807, 2.05) is 0 Å². The van der Waals surface area contributed by atoms with E-state index in [1.165, 1.54) is 30.9 Å². The zero-order chi connectivity index (χ0) is 30.1. The van der Waals surface area contributed by atoms with Gasteiger partial charge in [-0.05, 0) is 55.8 Å². The standard InChI is InChI=1S/C29H24ClN3O8S/c1-5-40-28(35)25-15(2)31-29-32(26(25)17-7-10-22(38-3)23(13-17)39-4)27(34)24(42-29)14-18-8-11-21(41-18)16-6-9-19(30)20(12-16)33(36)37/h6-14,26H,5H2,1-4H3/b24-14-/t26-/m1/s1. The number of ether oxygens (including phenoxy) is 3. The van der Waals surface area contributed by atoms with Gasteiger partial charge in [-0.15, -0.1) is 0 Å². The summed E-state index contributed by atoms with van der Waals surface area (Å²) in [4.78, 5) is 42.7. The Morgan fingerprint density at radius 3 is 2.62 bits per heavy atom. The highest BCUT2D eigenvalue weighted by atomic mass is 35.5. The highest BCUT2D eigenvalue weighted by Gasteiger charge is 2.34. The average molecular weight is 610 g/mol. The highest BCUT2D eigenvalue weighted by Crippen LogP contribution is 2.36. The Labute approximate surface area is 247 Å². The summed E-state index contributed by atoms with van der Waals surface area (Å²) < 4.78 is 23.8. The number of nitro benzene ring substituents is 1. The Balaban J connectivity index is 1.63. The van der Waals surface area contributed by atoms with Gasteiger partial charge in [0, 0.05) is 17.7 Å². The molecule has 0 saturated heterocycles. The van der Waals surface area contributed by atoms with Crippen molar-refractivity contribution in [1.82, 2.24) is 4.57 Å². The Morgan fingerprint density at radius 2 is 1.93 bits per heavy atom. The van der Waals surface area contributed by atoms with Crippen molar-refractivity contribution in [3.8, 4) is 22.8 Å². The van der Waals surface area contributed by atoms with Crippen LogP contribution in [0.5, 0.6) is 11.5 Å². The van der Waals surface area contributed by atoms with Crippen LogP contribution in [0.1, 0.15) is 31.2 Å². The summed E-state index contributed by atoms with van der Waals surface area (Å²) in [6.07, 6.45) is 1.56. The number of furan rings is 1. The van der Waals surface area contributed by atoms with Crippen LogP contribution < -0.4 is 24.4 Å². The van der Waals surface area contributed by atoms with Gasteiger partial charge in [-0.2, -0.15) is 0 Å². The number of fused-ring (bicyclic) bond motifs is 1. The van der Waals surface area contributed by atoms with Crippen molar-refractivity contribution in [2.75, 3.05) is 20.8 Å². The van der Waals surface area contributed by atoms with Crippen molar-refractivity contribution in [2.24, 2.45) is 4.99 Å². The molecule has 0 N–H and O–H groups in total. The lowest BCUT2D eigenvalue weighted by Gasteiger charge is -2.25. The Morgan fingerprint density at radius 1 is 1.17 bits per heavy atom. The molecule has 42 heavy (non-hydrogen) atoms. The summed E-state index contributed by atoms with van der Waals surface area (Å²) >= 11 is 7.07. The molecule has 0 radical (unpaired) electrons. The smallest absolute Gasteiger partial charge is 0.338 e. The van der Waals surface area contributed by atoms with Crippen LogP contribution in [-0.4, -0.2) is 36.3 Å². The van der Waals surface area contributed by atoms with Crippen LogP contribution >= 0.6 is 22.9 Å². The second kappa shape index (κ2) is 11.7. The maximum Gasteiger partial charge on any atom is 0.338 e. The molecule has 13 heteroatoms. The van der Waals surface area contributed by atoms with E-state index in [1.54, 1.807) is 56.3 Å². The van der Waals surface area contributed by atoms with Crippen molar-refractivity contribution >= 4 is 40.7 Å². The highest BCUT2D eigenvalue weighted by molar-refractivity contribution is 7.07. The molecule has 11 nitrogen and oxygen atoms in total. The molecule has 1 atom stereocenters. The van der Waals surface area contributed by atoms with Crippen LogP contribution in [0.2, 0.25) is 5.02 Å². The summed E-state index contributed by atoms with van der Waals surface area (Å²) in [5, 5.41) is 11.3. The van der Waals surface area contributed by atoms with E-state index in [0.717, 1.165) is 11.3 Å². The van der Waals surface area contributed by atoms with Crippen LogP contribution in [0.4, 0.5) is 5.69 Å². The Bertz CT molecular complexity index is 1940. The number of esters is 1. The maximum atomic E-state index is 13.9. The monoisotopic (exact) mass is 609 g/mol. The first kappa shape index (κ1) is 28.8. The molecule has 0 bridgehead atoms. The third-order valence-corrected chi connectivity index (χ3v) is 7.87. The molecule has 3 heterocycles. The van der Waals surface area contributed by atoms with E-state index in [2.05, 4.69) is 4.99 Å². The summed E-state index contributed by atoms with van der Waals surface area (Å²) in [6.45, 7) is 3.55. The fourth-order valence-corrected chi connectivity index (χ4v) is 5.86. The molecule has 5 rings (SSSR count). The Kier molecular flexibility index (Phi) is 8.01. The first-order chi connectivity index (χ1) is 20.2. The van der Waals surface area contributed by atoms with E-state index in [4.69, 9.17) is 30.2 Å². The molecule has 0 fully saturated rings. The molecular weight excluding hydrogens is 586 g/mol. The van der Waals surface area contributed by atoms with E-state index >= 15 is 0 Å². The van der Waals surface area contributed by atoms with Gasteiger partial charge in [-0.1, -0.05) is 29.0 Å². The summed E-state index contributed by atoms with van der Waals surface area (Å²) in [5.74, 6) is 1.04. The fourth-order valence-electron chi connectivity index (χ4n) is 4.65. The molecule has 0 spiro atoms. The third kappa shape index (κ3) is 5.21. The number of hydrogen-bond donors (Lipinski definition) is 0. The number of thiazole rings is 1. The van der Waals surface area contributed by atoms with Crippen LogP contribution in [0.3, 0.4) is 0 Å². The predicted molar refractivity (Wildman–Crippen MR) is 156 cm³/mol. The van der Waals surface area contributed by atoms with Crippen molar-refractivity contribution < 1.29 is 28.3 Å². The topological polar surface area (TPSA) is 135 Å². The van der Waals surface area contributed by atoms with E-state index < -0.39 is 22.5 Å². The molecule has 1 aliphatic heterocycles. The summed E-state index contributed by atoms with van der Waals surface area (Å²) in [6, 6.07) is 12.0. The zero-order valence-electron chi connectivity index (χ0n) is 22.9. The van der Waals surface area contributed by atoms with Crippen molar-refractivity contribution in [3.63, 3.8) is 0 Å². The molecule has 0 aliphatic carbocycles. The zero-order valence-corrected chi connectivity index (χ0v) is 24.4. The number of carbonyl (C=O) groups is 1. The lowest BCUT2D eigenvalue weighted by molar-refractivity contribution is -0.384. The van der Waals surface area contributed by atoms with Gasteiger partial charge in [0.1, 0.15) is 16.5 Å². The number of allylic oxidation sites excluding steroid dienone is 1. The molecule has 2 aromatic heterocycles. The maximum absolute atomic E-state index is 13.9. The number of nitrogens with zero attached hydrogens (tertiary/aromatic N) is 3. The van der Waals surface area contributed by atoms with Gasteiger partial charge in [0.05, 0.1) is 47.6 Å². The van der Waals surface area contributed by atoms with Gasteiger partial charge >= 0.3 is 5.97 Å². The minimum atomic E-state index is -0.843. The number of benzene rings is 2. The lowest BCUT2D eigenvalue weighted by atomic mass is 9.95. The number of carbonyl (C=O) groups excluding carboxylic acids is 1. The van der Waals surface area contributed by atoms with Gasteiger partial charge in [0.15, 0.2) is 16.3 Å². The molecule has 0 unspecified atom stereocenters. The van der Waals surface area contributed by atoms with Gasteiger partial charge in [-0.3, -0.25) is 19.5 Å². The number of methoxy groups -OCH3 is 2. The average Bonchev–Trinajstić information content (AvgIpc) is 3.56. The normalized spacial score (nSPS) is 14.8. The second-order valence-electron chi connectivity index (χ2n) is 9.04. The van der Waals surface area contributed by atoms with Gasteiger partial charge < -0.3 is 18.6 Å². The van der Waals surface area contributed by atoms with Crippen molar-refractivity contribution in [3.05, 3.63) is 106 Å². The van der Waals surface area contributed by atoms with E-state index in [-0.39, 0.29) is 22.9 Å². The number of hydrogen-bond acceptors (Lipinski definition) is 10. The molecule has 216 valence electrons. The van der Waals surface area contributed by atoms with Crippen LogP contribution in [-0.2, 0) is 9.53 Å². The van der Waals surface area contributed by atoms with Crippen molar-refractivity contribution in [1.29, 1.82) is 0 Å². The van der Waals surface area contributed by atoms with Gasteiger partial charge in [0.25, 0.3) is 11.2 Å². The molecule has 4 aromatic rings. The molecule has 1 aliphatic rings. The van der Waals surface area contributed by atoms with Crippen LogP contribution in [0.25, 0.3) is 17.4 Å². The van der Waals surface area contributed by atoms with Gasteiger partial charge in [-0.25, -0.2) is 9.79 Å². The quantitative estimate of drug-likeness (QED) is 0.160. The third-order valence-electron chi connectivity index (χ3n) is 6.57. The summed E-state index contributed by atoms with van der Waals surface area (Å²) in [5.41, 5.74) is 1.06. The number of halogens is 1. The Hall–Kier alpha value is -4.68. The number of aromatic nitrogens is 1. The molecule has 0 amide bonds. The number of rotatable bonds is 8. The van der Waals surface area contributed by atoms with Gasteiger partial charge in [0.2, 0.25) is 0 Å². The first-order valence-corrected chi connectivity index (χ1v) is 13.8. The number of nitro groups is 1. The van der Waals surface area contributed by atoms with E-state index in [0.29, 0.717) is 49.2 Å². The molecular formula is C29H24ClN3O8S. The van der Waals surface area contributed by atoms with Crippen LogP contribution in [0.15, 0.2) is 74.0 Å². The predicted octanol–water partition coefficient (Wildman–Crippen LogP) is 4.64. The van der Waals surface area contributed by atoms with Crippen molar-refractivity contribution in [2.45, 2.75) is 19.9 Å². The minimum absolute atomic E-state index is 0.0122. The van der Waals surface area contributed by atoms with Crippen LogP contribution in [0, 0.1) is 10.1 Å². The minimum Gasteiger partial charge on any atom is -0.493 e. The first-order valence-electron chi connectivity index (χ1n) is 12.6. The van der Waals surface area contributed by atoms with E-state index in [9.17, 15) is 19.7 Å². The second-order valence-corrected chi connectivity index (χ2v) is 10.5.